The third-order valence-corrected chi connectivity index (χ3v) is 2.21. The van der Waals surface area contributed by atoms with Crippen LogP contribution in [0.3, 0.4) is 0 Å². The minimum atomic E-state index is -0.678. The van der Waals surface area contributed by atoms with Crippen molar-refractivity contribution in [3.8, 4) is 6.07 Å². The summed E-state index contributed by atoms with van der Waals surface area (Å²) in [7, 11) is 1.54. The lowest BCUT2D eigenvalue weighted by Crippen LogP contribution is -2.36. The summed E-state index contributed by atoms with van der Waals surface area (Å²) in [5.74, 6) is 0. The van der Waals surface area contributed by atoms with E-state index in [-0.39, 0.29) is 0 Å². The lowest BCUT2D eigenvalue weighted by atomic mass is 10.1. The number of amides is 1. The van der Waals surface area contributed by atoms with Gasteiger partial charge in [0.2, 0.25) is 0 Å². The van der Waals surface area contributed by atoms with Gasteiger partial charge in [0.1, 0.15) is 11.6 Å². The van der Waals surface area contributed by atoms with Gasteiger partial charge in [-0.25, -0.2) is 4.79 Å². The number of nitriles is 1. The molecule has 1 unspecified atom stereocenters. The molecule has 0 saturated carbocycles. The summed E-state index contributed by atoms with van der Waals surface area (Å²) in [5, 5.41) is 9.18. The first-order chi connectivity index (χ1) is 8.35. The number of carbonyl (C=O) groups excluding carboxylic acids is 1. The van der Waals surface area contributed by atoms with Gasteiger partial charge in [0.25, 0.3) is 0 Å². The van der Waals surface area contributed by atoms with E-state index in [0.717, 1.165) is 0 Å². The Bertz CT molecular complexity index is 446. The van der Waals surface area contributed by atoms with E-state index in [2.05, 4.69) is 11.1 Å². The summed E-state index contributed by atoms with van der Waals surface area (Å²) in [5.41, 5.74) is 0.129. The number of rotatable bonds is 2. The summed E-state index contributed by atoms with van der Waals surface area (Å²) in [6.07, 6.45) is 2.65. The number of ether oxygens (including phenoxy) is 1. The molecule has 5 nitrogen and oxygen atoms in total. The molecule has 1 atom stereocenters. The molecule has 0 saturated heterocycles. The summed E-state index contributed by atoms with van der Waals surface area (Å²) < 4.78 is 5.22. The Kier molecular flexibility index (Phi) is 4.27. The molecule has 0 radical (unpaired) electrons. The van der Waals surface area contributed by atoms with Crippen LogP contribution >= 0.6 is 0 Å². The number of nitrogens with zero attached hydrogens (tertiary/aromatic N) is 3. The minimum Gasteiger partial charge on any atom is -0.444 e. The van der Waals surface area contributed by atoms with E-state index in [1.54, 1.807) is 52.3 Å². The van der Waals surface area contributed by atoms with Crippen LogP contribution < -0.4 is 0 Å². The molecule has 1 rings (SSSR count). The summed E-state index contributed by atoms with van der Waals surface area (Å²) >= 11 is 0. The second-order valence-electron chi connectivity index (χ2n) is 4.90. The van der Waals surface area contributed by atoms with Crippen molar-refractivity contribution in [3.05, 3.63) is 30.1 Å². The molecule has 0 fully saturated rings. The predicted molar refractivity (Wildman–Crippen MR) is 66.6 cm³/mol. The van der Waals surface area contributed by atoms with Crippen LogP contribution in [-0.2, 0) is 4.74 Å². The number of carbonyl (C=O) groups is 1. The SMILES string of the molecule is CN(C(=O)OC(C)(C)C)C(C#N)c1ccncc1. The van der Waals surface area contributed by atoms with Crippen molar-refractivity contribution in [2.24, 2.45) is 0 Å². The van der Waals surface area contributed by atoms with Crippen molar-refractivity contribution in [2.45, 2.75) is 32.4 Å². The molecule has 0 N–H and O–H groups in total. The Morgan fingerprint density at radius 3 is 2.44 bits per heavy atom. The molecule has 0 aliphatic heterocycles. The lowest BCUT2D eigenvalue weighted by Gasteiger charge is -2.27. The highest BCUT2D eigenvalue weighted by Gasteiger charge is 2.26. The van der Waals surface area contributed by atoms with Crippen LogP contribution in [0.2, 0.25) is 0 Å². The van der Waals surface area contributed by atoms with E-state index in [4.69, 9.17) is 4.74 Å². The zero-order valence-corrected chi connectivity index (χ0v) is 11.0. The zero-order valence-electron chi connectivity index (χ0n) is 11.0. The molecule has 1 aromatic heterocycles. The number of aromatic nitrogens is 1. The van der Waals surface area contributed by atoms with Crippen molar-refractivity contribution in [3.63, 3.8) is 0 Å². The van der Waals surface area contributed by atoms with Gasteiger partial charge in [0, 0.05) is 19.4 Å². The van der Waals surface area contributed by atoms with Crippen molar-refractivity contribution in [1.29, 1.82) is 5.26 Å². The van der Waals surface area contributed by atoms with Gasteiger partial charge in [-0.15, -0.1) is 0 Å². The minimum absolute atomic E-state index is 0.522. The monoisotopic (exact) mass is 247 g/mol. The average Bonchev–Trinajstić information content (AvgIpc) is 2.29. The molecule has 18 heavy (non-hydrogen) atoms. The molecular formula is C13H17N3O2. The fourth-order valence-corrected chi connectivity index (χ4v) is 1.37. The smallest absolute Gasteiger partial charge is 0.411 e. The van der Waals surface area contributed by atoms with Crippen LogP contribution in [0, 0.1) is 11.3 Å². The van der Waals surface area contributed by atoms with E-state index in [9.17, 15) is 10.1 Å². The van der Waals surface area contributed by atoms with Gasteiger partial charge < -0.3 is 4.74 Å². The van der Waals surface area contributed by atoms with Gasteiger partial charge in [-0.05, 0) is 38.5 Å². The first kappa shape index (κ1) is 14.0. The largest absolute Gasteiger partial charge is 0.444 e. The maximum absolute atomic E-state index is 11.9. The highest BCUT2D eigenvalue weighted by Crippen LogP contribution is 2.20. The van der Waals surface area contributed by atoms with E-state index in [0.29, 0.717) is 5.56 Å². The first-order valence-corrected chi connectivity index (χ1v) is 5.60. The quantitative estimate of drug-likeness (QED) is 0.805. The van der Waals surface area contributed by atoms with Crippen molar-refractivity contribution < 1.29 is 9.53 Å². The van der Waals surface area contributed by atoms with Crippen LogP contribution in [0.25, 0.3) is 0 Å². The topological polar surface area (TPSA) is 66.2 Å². The predicted octanol–water partition coefficient (Wildman–Crippen LogP) is 2.51. The third kappa shape index (κ3) is 3.74. The first-order valence-electron chi connectivity index (χ1n) is 5.60. The number of pyridine rings is 1. The molecule has 1 heterocycles. The summed E-state index contributed by atoms with van der Waals surface area (Å²) in [6, 6.07) is 4.81. The van der Waals surface area contributed by atoms with Crippen LogP contribution in [0.4, 0.5) is 4.79 Å². The number of hydrogen-bond donors (Lipinski definition) is 0. The molecule has 1 amide bonds. The Morgan fingerprint density at radius 1 is 1.44 bits per heavy atom. The lowest BCUT2D eigenvalue weighted by molar-refractivity contribution is 0.0258. The molecule has 96 valence electrons. The Labute approximate surface area is 107 Å². The Hall–Kier alpha value is -2.09. The second-order valence-corrected chi connectivity index (χ2v) is 4.90. The molecule has 0 aliphatic carbocycles. The fraction of sp³-hybridized carbons (Fsp3) is 0.462. The van der Waals surface area contributed by atoms with E-state index < -0.39 is 17.7 Å². The van der Waals surface area contributed by atoms with Crippen LogP contribution in [0.1, 0.15) is 32.4 Å². The van der Waals surface area contributed by atoms with Crippen LogP contribution in [0.5, 0.6) is 0 Å². The van der Waals surface area contributed by atoms with Crippen LogP contribution in [0.15, 0.2) is 24.5 Å². The van der Waals surface area contributed by atoms with E-state index in [1.807, 2.05) is 0 Å². The molecule has 5 heteroatoms. The maximum Gasteiger partial charge on any atom is 0.411 e. The standard InChI is InChI=1S/C13H17N3O2/c1-13(2,3)18-12(17)16(4)11(9-14)10-5-7-15-8-6-10/h5-8,11H,1-4H3. The van der Waals surface area contributed by atoms with Gasteiger partial charge in [-0.3, -0.25) is 9.88 Å². The number of hydrogen-bond acceptors (Lipinski definition) is 4. The highest BCUT2D eigenvalue weighted by molar-refractivity contribution is 5.69. The molecule has 0 aliphatic rings. The normalized spacial score (nSPS) is 12.4. The zero-order chi connectivity index (χ0) is 13.8. The molecule has 0 spiro atoms. The van der Waals surface area contributed by atoms with E-state index >= 15 is 0 Å². The second kappa shape index (κ2) is 5.50. The summed E-state index contributed by atoms with van der Waals surface area (Å²) in [4.78, 5) is 17.0. The third-order valence-electron chi connectivity index (χ3n) is 2.21. The Morgan fingerprint density at radius 2 is 2.00 bits per heavy atom. The van der Waals surface area contributed by atoms with Crippen molar-refractivity contribution in [1.82, 2.24) is 9.88 Å². The maximum atomic E-state index is 11.9. The van der Waals surface area contributed by atoms with Crippen LogP contribution in [-0.4, -0.2) is 28.6 Å². The molecular weight excluding hydrogens is 230 g/mol. The Balaban J connectivity index is 2.85. The van der Waals surface area contributed by atoms with Gasteiger partial charge in [0.05, 0.1) is 6.07 Å². The average molecular weight is 247 g/mol. The summed E-state index contributed by atoms with van der Waals surface area (Å²) in [6.45, 7) is 5.35. The van der Waals surface area contributed by atoms with E-state index in [1.165, 1.54) is 4.90 Å². The van der Waals surface area contributed by atoms with Gasteiger partial charge in [-0.1, -0.05) is 0 Å². The molecule has 0 aromatic carbocycles. The fourth-order valence-electron chi connectivity index (χ4n) is 1.37. The molecule has 0 bridgehead atoms. The van der Waals surface area contributed by atoms with Gasteiger partial charge in [0.15, 0.2) is 0 Å². The molecule has 1 aromatic rings. The van der Waals surface area contributed by atoms with Crippen molar-refractivity contribution >= 4 is 6.09 Å². The highest BCUT2D eigenvalue weighted by atomic mass is 16.6. The van der Waals surface area contributed by atoms with Gasteiger partial charge in [-0.2, -0.15) is 5.26 Å². The van der Waals surface area contributed by atoms with Crippen molar-refractivity contribution in [2.75, 3.05) is 7.05 Å². The van der Waals surface area contributed by atoms with Gasteiger partial charge >= 0.3 is 6.09 Å².